The Balaban J connectivity index is 3.28. The van der Waals surface area contributed by atoms with E-state index >= 15 is 0 Å². The van der Waals surface area contributed by atoms with Crippen molar-refractivity contribution in [3.05, 3.63) is 0 Å². The van der Waals surface area contributed by atoms with Crippen molar-refractivity contribution in [3.8, 4) is 0 Å². The van der Waals surface area contributed by atoms with Gasteiger partial charge in [-0.2, -0.15) is 12.6 Å². The molecule has 0 radical (unpaired) electrons. The predicted octanol–water partition coefficient (Wildman–Crippen LogP) is 1.65. The fourth-order valence-corrected chi connectivity index (χ4v) is 0.597. The molecule has 0 saturated carbocycles. The first-order chi connectivity index (χ1) is 3.92. The number of rotatable bonds is 3. The van der Waals surface area contributed by atoms with E-state index in [-0.39, 0.29) is 4.75 Å². The minimum absolute atomic E-state index is 0.185. The smallest absolute Gasteiger partial charge is 0.00853 e. The Bertz CT molecular complexity index is 73.5. The second kappa shape index (κ2) is 3.47. The average Bonchev–Trinajstić information content (AvgIpc) is 1.59. The van der Waals surface area contributed by atoms with Crippen molar-refractivity contribution < 1.29 is 0 Å². The van der Waals surface area contributed by atoms with Gasteiger partial charge in [0.1, 0.15) is 0 Å². The molecule has 0 aliphatic carbocycles. The molecule has 0 aliphatic rings. The van der Waals surface area contributed by atoms with Gasteiger partial charge in [-0.15, -0.1) is 0 Å². The quantitative estimate of drug-likeness (QED) is 0.594. The lowest BCUT2D eigenvalue weighted by Gasteiger charge is -2.19. The minimum atomic E-state index is 0.185. The number of nitrogens with zero attached hydrogens (tertiary/aromatic N) is 1. The molecule has 0 aromatic heterocycles. The Morgan fingerprint density at radius 2 is 1.78 bits per heavy atom. The van der Waals surface area contributed by atoms with E-state index in [0.717, 1.165) is 13.0 Å². The first-order valence-corrected chi connectivity index (χ1v) is 3.74. The van der Waals surface area contributed by atoms with Crippen molar-refractivity contribution in [2.45, 2.75) is 25.0 Å². The van der Waals surface area contributed by atoms with Gasteiger partial charge in [0.05, 0.1) is 0 Å². The van der Waals surface area contributed by atoms with Gasteiger partial charge in [0.2, 0.25) is 0 Å². The van der Waals surface area contributed by atoms with Crippen molar-refractivity contribution in [1.82, 2.24) is 4.90 Å². The Kier molecular flexibility index (Phi) is 3.59. The minimum Gasteiger partial charge on any atom is -0.309 e. The van der Waals surface area contributed by atoms with Gasteiger partial charge in [-0.3, -0.25) is 0 Å². The van der Waals surface area contributed by atoms with Gasteiger partial charge in [-0.1, -0.05) is 13.8 Å². The third-order valence-electron chi connectivity index (χ3n) is 1.17. The van der Waals surface area contributed by atoms with Crippen LogP contribution in [0, 0.1) is 0 Å². The third kappa shape index (κ3) is 8.31. The molecule has 0 N–H and O–H groups in total. The Morgan fingerprint density at radius 3 is 1.89 bits per heavy atom. The molecule has 56 valence electrons. The van der Waals surface area contributed by atoms with E-state index in [2.05, 4.69) is 45.5 Å². The summed E-state index contributed by atoms with van der Waals surface area (Å²) in [5, 5.41) is 0. The number of hydrogen-bond acceptors (Lipinski definition) is 2. The maximum Gasteiger partial charge on any atom is 0.00853 e. The highest BCUT2D eigenvalue weighted by Gasteiger charge is 2.10. The summed E-state index contributed by atoms with van der Waals surface area (Å²) in [6.07, 6.45) is 1.14. The van der Waals surface area contributed by atoms with Crippen LogP contribution in [0.15, 0.2) is 0 Å². The predicted molar refractivity (Wildman–Crippen MR) is 46.2 cm³/mol. The molecule has 0 rings (SSSR count). The van der Waals surface area contributed by atoms with Gasteiger partial charge in [0.15, 0.2) is 0 Å². The molecule has 0 aliphatic heterocycles. The average molecular weight is 147 g/mol. The molecule has 0 spiro atoms. The molecular weight excluding hydrogens is 130 g/mol. The summed E-state index contributed by atoms with van der Waals surface area (Å²) < 4.78 is 0.185. The number of hydrogen-bond donors (Lipinski definition) is 1. The van der Waals surface area contributed by atoms with E-state index in [1.807, 2.05) is 0 Å². The van der Waals surface area contributed by atoms with Crippen LogP contribution in [-0.4, -0.2) is 30.3 Å². The van der Waals surface area contributed by atoms with Crippen molar-refractivity contribution in [1.29, 1.82) is 0 Å². The molecule has 0 unspecified atom stereocenters. The second-order valence-electron chi connectivity index (χ2n) is 3.37. The second-order valence-corrected chi connectivity index (χ2v) is 4.58. The summed E-state index contributed by atoms with van der Waals surface area (Å²) in [7, 11) is 4.17. The SMILES string of the molecule is CN(C)CCC(C)(C)S. The van der Waals surface area contributed by atoms with E-state index in [9.17, 15) is 0 Å². The summed E-state index contributed by atoms with van der Waals surface area (Å²) in [6.45, 7) is 5.40. The maximum atomic E-state index is 4.40. The van der Waals surface area contributed by atoms with Crippen LogP contribution in [0.5, 0.6) is 0 Å². The molecule has 0 aromatic rings. The van der Waals surface area contributed by atoms with Crippen molar-refractivity contribution >= 4 is 12.6 Å². The van der Waals surface area contributed by atoms with Gasteiger partial charge in [0, 0.05) is 4.75 Å². The topological polar surface area (TPSA) is 3.24 Å². The van der Waals surface area contributed by atoms with Crippen LogP contribution >= 0.6 is 12.6 Å². The molecular formula is C7H17NS. The highest BCUT2D eigenvalue weighted by molar-refractivity contribution is 7.81. The van der Waals surface area contributed by atoms with E-state index in [4.69, 9.17) is 0 Å². The lowest BCUT2D eigenvalue weighted by Crippen LogP contribution is -2.21. The first kappa shape index (κ1) is 9.31. The Morgan fingerprint density at radius 1 is 1.33 bits per heavy atom. The van der Waals surface area contributed by atoms with Crippen LogP contribution in [0.25, 0.3) is 0 Å². The summed E-state index contributed by atoms with van der Waals surface area (Å²) in [6, 6.07) is 0. The Labute approximate surface area is 63.8 Å². The normalized spacial score (nSPS) is 12.7. The maximum absolute atomic E-state index is 4.40. The summed E-state index contributed by atoms with van der Waals surface area (Å²) in [5.74, 6) is 0. The molecule has 0 saturated heterocycles. The van der Waals surface area contributed by atoms with E-state index in [1.165, 1.54) is 0 Å². The van der Waals surface area contributed by atoms with Crippen molar-refractivity contribution in [3.63, 3.8) is 0 Å². The molecule has 2 heteroatoms. The zero-order chi connectivity index (χ0) is 7.49. The zero-order valence-corrected chi connectivity index (χ0v) is 7.70. The lowest BCUT2D eigenvalue weighted by atomic mass is 10.1. The molecule has 0 heterocycles. The standard InChI is InChI=1S/C7H17NS/c1-7(2,9)5-6-8(3)4/h9H,5-6H2,1-4H3. The molecule has 0 atom stereocenters. The van der Waals surface area contributed by atoms with Gasteiger partial charge in [-0.25, -0.2) is 0 Å². The van der Waals surface area contributed by atoms with Gasteiger partial charge in [-0.05, 0) is 27.1 Å². The fourth-order valence-electron chi connectivity index (χ4n) is 0.497. The molecule has 0 fully saturated rings. The highest BCUT2D eigenvalue weighted by atomic mass is 32.1. The van der Waals surface area contributed by atoms with E-state index in [1.54, 1.807) is 0 Å². The van der Waals surface area contributed by atoms with Crippen molar-refractivity contribution in [2.24, 2.45) is 0 Å². The third-order valence-corrected chi connectivity index (χ3v) is 1.39. The van der Waals surface area contributed by atoms with Crippen LogP contribution in [-0.2, 0) is 0 Å². The zero-order valence-electron chi connectivity index (χ0n) is 6.81. The van der Waals surface area contributed by atoms with E-state index < -0.39 is 0 Å². The molecule has 0 bridgehead atoms. The number of thiol groups is 1. The van der Waals surface area contributed by atoms with Gasteiger partial charge >= 0.3 is 0 Å². The first-order valence-electron chi connectivity index (χ1n) is 3.29. The van der Waals surface area contributed by atoms with Crippen LogP contribution in [0.3, 0.4) is 0 Å². The molecule has 9 heavy (non-hydrogen) atoms. The van der Waals surface area contributed by atoms with Crippen LogP contribution < -0.4 is 0 Å². The molecule has 0 amide bonds. The summed E-state index contributed by atoms with van der Waals surface area (Å²) in [5.41, 5.74) is 0. The lowest BCUT2D eigenvalue weighted by molar-refractivity contribution is 0.381. The largest absolute Gasteiger partial charge is 0.309 e. The molecule has 1 nitrogen and oxygen atoms in total. The highest BCUT2D eigenvalue weighted by Crippen LogP contribution is 2.16. The van der Waals surface area contributed by atoms with Crippen LogP contribution in [0.2, 0.25) is 0 Å². The summed E-state index contributed by atoms with van der Waals surface area (Å²) in [4.78, 5) is 2.18. The van der Waals surface area contributed by atoms with Crippen LogP contribution in [0.1, 0.15) is 20.3 Å². The summed E-state index contributed by atoms with van der Waals surface area (Å²) >= 11 is 4.40. The fraction of sp³-hybridized carbons (Fsp3) is 1.00. The van der Waals surface area contributed by atoms with Gasteiger partial charge in [0.25, 0.3) is 0 Å². The van der Waals surface area contributed by atoms with Crippen LogP contribution in [0.4, 0.5) is 0 Å². The van der Waals surface area contributed by atoms with Crippen molar-refractivity contribution in [2.75, 3.05) is 20.6 Å². The molecule has 0 aromatic carbocycles. The van der Waals surface area contributed by atoms with Gasteiger partial charge < -0.3 is 4.90 Å². The monoisotopic (exact) mass is 147 g/mol. The Hall–Kier alpha value is 0.310. The van der Waals surface area contributed by atoms with E-state index in [0.29, 0.717) is 0 Å².